The molecule has 0 bridgehead atoms. The zero-order valence-corrected chi connectivity index (χ0v) is 8.79. The normalized spacial score (nSPS) is 10.2. The number of carboxylic acid groups (broad SMARTS) is 1. The van der Waals surface area contributed by atoms with Crippen LogP contribution in [-0.4, -0.2) is 16.1 Å². The van der Waals surface area contributed by atoms with Gasteiger partial charge in [0.1, 0.15) is 0 Å². The third kappa shape index (κ3) is 1.76. The smallest absolute Gasteiger partial charge is 0.337 e. The highest BCUT2D eigenvalue weighted by molar-refractivity contribution is 5.89. The molecule has 0 unspecified atom stereocenters. The number of hydrogen-bond donors (Lipinski definition) is 1. The van der Waals surface area contributed by atoms with Crippen LogP contribution in [0.2, 0.25) is 0 Å². The van der Waals surface area contributed by atoms with Gasteiger partial charge in [0.2, 0.25) is 0 Å². The number of carboxylic acids is 1. The van der Waals surface area contributed by atoms with Gasteiger partial charge >= 0.3 is 5.97 Å². The van der Waals surface area contributed by atoms with Gasteiger partial charge in [0.05, 0.1) is 5.56 Å². The van der Waals surface area contributed by atoms with Gasteiger partial charge in [-0.15, -0.1) is 0 Å². The molecule has 1 heterocycles. The molecule has 1 aromatic heterocycles. The van der Waals surface area contributed by atoms with Gasteiger partial charge in [-0.3, -0.25) is 4.98 Å². The predicted molar refractivity (Wildman–Crippen MR) is 54.7 cm³/mol. The number of aromatic nitrogens is 1. The third-order valence-corrected chi connectivity index (χ3v) is 2.48. The minimum absolute atomic E-state index is 0.335. The molecule has 76 valence electrons. The van der Waals surface area contributed by atoms with Crippen molar-refractivity contribution in [3.8, 4) is 0 Å². The van der Waals surface area contributed by atoms with Crippen LogP contribution in [0.1, 0.15) is 41.0 Å². The number of carbonyl (C=O) groups is 1. The monoisotopic (exact) mass is 193 g/mol. The number of aryl methyl sites for hydroxylation is 1. The Labute approximate surface area is 83.8 Å². The van der Waals surface area contributed by atoms with E-state index in [0.717, 1.165) is 29.7 Å². The molecule has 1 aromatic rings. The molecule has 0 radical (unpaired) electrons. The quantitative estimate of drug-likeness (QED) is 0.800. The number of rotatable bonds is 3. The highest BCUT2D eigenvalue weighted by Gasteiger charge is 2.13. The first-order valence-corrected chi connectivity index (χ1v) is 4.82. The highest BCUT2D eigenvalue weighted by atomic mass is 16.4. The molecule has 0 aromatic carbocycles. The summed E-state index contributed by atoms with van der Waals surface area (Å²) in [6.45, 7) is 5.93. The Hall–Kier alpha value is -1.38. The topological polar surface area (TPSA) is 50.2 Å². The first-order chi connectivity index (χ1) is 6.61. The van der Waals surface area contributed by atoms with E-state index in [0.29, 0.717) is 5.56 Å². The molecule has 0 aliphatic rings. The van der Waals surface area contributed by atoms with E-state index in [4.69, 9.17) is 5.11 Å². The lowest BCUT2D eigenvalue weighted by molar-refractivity contribution is 0.0695. The molecule has 14 heavy (non-hydrogen) atoms. The van der Waals surface area contributed by atoms with Crippen LogP contribution in [0.5, 0.6) is 0 Å². The van der Waals surface area contributed by atoms with E-state index < -0.39 is 5.97 Å². The third-order valence-electron chi connectivity index (χ3n) is 2.48. The van der Waals surface area contributed by atoms with E-state index >= 15 is 0 Å². The molecule has 0 saturated carbocycles. The fraction of sp³-hybridized carbons (Fsp3) is 0.455. The minimum atomic E-state index is -0.889. The Morgan fingerprint density at radius 2 is 2.07 bits per heavy atom. The van der Waals surface area contributed by atoms with Gasteiger partial charge in [-0.05, 0) is 30.9 Å². The molecule has 0 spiro atoms. The number of pyridine rings is 1. The molecule has 3 nitrogen and oxygen atoms in total. The molecule has 1 rings (SSSR count). The van der Waals surface area contributed by atoms with E-state index in [2.05, 4.69) is 4.98 Å². The van der Waals surface area contributed by atoms with Crippen molar-refractivity contribution in [2.75, 3.05) is 0 Å². The summed E-state index contributed by atoms with van der Waals surface area (Å²) < 4.78 is 0. The van der Waals surface area contributed by atoms with Gasteiger partial charge in [0.25, 0.3) is 0 Å². The molecule has 0 aliphatic heterocycles. The van der Waals surface area contributed by atoms with Crippen LogP contribution in [0.25, 0.3) is 0 Å². The van der Waals surface area contributed by atoms with Crippen LogP contribution in [-0.2, 0) is 12.8 Å². The Morgan fingerprint density at radius 3 is 2.50 bits per heavy atom. The zero-order chi connectivity index (χ0) is 10.7. The first-order valence-electron chi connectivity index (χ1n) is 4.82. The molecule has 1 N–H and O–H groups in total. The van der Waals surface area contributed by atoms with Crippen LogP contribution >= 0.6 is 0 Å². The van der Waals surface area contributed by atoms with Crippen LogP contribution in [0, 0.1) is 6.92 Å². The van der Waals surface area contributed by atoms with Crippen molar-refractivity contribution in [1.82, 2.24) is 4.98 Å². The van der Waals surface area contributed by atoms with Crippen LogP contribution in [0.3, 0.4) is 0 Å². The van der Waals surface area contributed by atoms with E-state index in [-0.39, 0.29) is 0 Å². The number of hydrogen-bond acceptors (Lipinski definition) is 2. The lowest BCUT2D eigenvalue weighted by Crippen LogP contribution is -2.07. The summed E-state index contributed by atoms with van der Waals surface area (Å²) in [4.78, 5) is 15.0. The molecule has 0 fully saturated rings. The SMILES string of the molecule is CCc1ncc(C(=O)O)c(CC)c1C. The molecular weight excluding hydrogens is 178 g/mol. The second kappa shape index (κ2) is 4.22. The van der Waals surface area contributed by atoms with Gasteiger partial charge < -0.3 is 5.11 Å². The average Bonchev–Trinajstić information content (AvgIpc) is 2.17. The van der Waals surface area contributed by atoms with Gasteiger partial charge in [-0.25, -0.2) is 4.79 Å². The number of aromatic carboxylic acids is 1. The van der Waals surface area contributed by atoms with Gasteiger partial charge in [0.15, 0.2) is 0 Å². The van der Waals surface area contributed by atoms with E-state index in [9.17, 15) is 4.79 Å². The molecule has 0 amide bonds. The van der Waals surface area contributed by atoms with Gasteiger partial charge in [0, 0.05) is 11.9 Å². The standard InChI is InChI=1S/C11H15NO2/c1-4-8-7(3)10(5-2)12-6-9(8)11(13)14/h6H,4-5H2,1-3H3,(H,13,14). The largest absolute Gasteiger partial charge is 0.478 e. The molecular formula is C11H15NO2. The average molecular weight is 193 g/mol. The summed E-state index contributed by atoms with van der Waals surface area (Å²) in [7, 11) is 0. The van der Waals surface area contributed by atoms with E-state index in [1.54, 1.807) is 0 Å². The lowest BCUT2D eigenvalue weighted by Gasteiger charge is -2.10. The predicted octanol–water partition coefficient (Wildman–Crippen LogP) is 2.21. The van der Waals surface area contributed by atoms with Crippen LogP contribution < -0.4 is 0 Å². The fourth-order valence-electron chi connectivity index (χ4n) is 1.69. The first kappa shape index (κ1) is 10.7. The van der Waals surface area contributed by atoms with Crippen LogP contribution in [0.4, 0.5) is 0 Å². The summed E-state index contributed by atoms with van der Waals surface area (Å²) in [6.07, 6.45) is 3.05. The minimum Gasteiger partial charge on any atom is -0.478 e. The Kier molecular flexibility index (Phi) is 3.23. The van der Waals surface area contributed by atoms with E-state index in [1.807, 2.05) is 20.8 Å². The summed E-state index contributed by atoms with van der Waals surface area (Å²) in [5, 5.41) is 8.94. The second-order valence-electron chi connectivity index (χ2n) is 3.23. The van der Waals surface area contributed by atoms with Crippen molar-refractivity contribution in [3.05, 3.63) is 28.6 Å². The number of nitrogens with zero attached hydrogens (tertiary/aromatic N) is 1. The Bertz CT molecular complexity index is 359. The Morgan fingerprint density at radius 1 is 1.43 bits per heavy atom. The maximum Gasteiger partial charge on any atom is 0.337 e. The van der Waals surface area contributed by atoms with Crippen molar-refractivity contribution in [3.63, 3.8) is 0 Å². The Balaban J connectivity index is 3.35. The highest BCUT2D eigenvalue weighted by Crippen LogP contribution is 2.17. The van der Waals surface area contributed by atoms with Gasteiger partial charge in [-0.1, -0.05) is 13.8 Å². The molecule has 0 aliphatic carbocycles. The lowest BCUT2D eigenvalue weighted by atomic mass is 9.99. The van der Waals surface area contributed by atoms with Crippen molar-refractivity contribution in [2.45, 2.75) is 33.6 Å². The molecule has 3 heteroatoms. The second-order valence-corrected chi connectivity index (χ2v) is 3.23. The summed E-state index contributed by atoms with van der Waals surface area (Å²) >= 11 is 0. The summed E-state index contributed by atoms with van der Waals surface area (Å²) in [5.41, 5.74) is 3.26. The van der Waals surface area contributed by atoms with Crippen molar-refractivity contribution < 1.29 is 9.90 Å². The van der Waals surface area contributed by atoms with Crippen molar-refractivity contribution in [1.29, 1.82) is 0 Å². The zero-order valence-electron chi connectivity index (χ0n) is 8.79. The van der Waals surface area contributed by atoms with Gasteiger partial charge in [-0.2, -0.15) is 0 Å². The summed E-state index contributed by atoms with van der Waals surface area (Å²) in [5.74, 6) is -0.889. The van der Waals surface area contributed by atoms with Crippen LogP contribution in [0.15, 0.2) is 6.20 Å². The maximum absolute atomic E-state index is 10.9. The fourth-order valence-corrected chi connectivity index (χ4v) is 1.69. The molecule has 0 saturated heterocycles. The van der Waals surface area contributed by atoms with Crippen molar-refractivity contribution in [2.24, 2.45) is 0 Å². The van der Waals surface area contributed by atoms with Crippen molar-refractivity contribution >= 4 is 5.97 Å². The maximum atomic E-state index is 10.9. The molecule has 0 atom stereocenters. The van der Waals surface area contributed by atoms with E-state index in [1.165, 1.54) is 6.20 Å². The summed E-state index contributed by atoms with van der Waals surface area (Å²) in [6, 6.07) is 0.